The minimum atomic E-state index is -4.38. The second-order valence-corrected chi connectivity index (χ2v) is 13.3. The number of quaternary nitrogens is 1. The molecule has 0 aliphatic carbocycles. The fourth-order valence-electron chi connectivity index (χ4n) is 4.06. The van der Waals surface area contributed by atoms with Crippen molar-refractivity contribution in [3.63, 3.8) is 0 Å². The molecule has 0 bridgehead atoms. The van der Waals surface area contributed by atoms with Crippen molar-refractivity contribution >= 4 is 44.4 Å². The number of esters is 2. The van der Waals surface area contributed by atoms with Crippen LogP contribution in [0.1, 0.15) is 122 Å². The van der Waals surface area contributed by atoms with Crippen LogP contribution < -0.4 is 0 Å². The molecule has 3 unspecified atom stereocenters. The van der Waals surface area contributed by atoms with Gasteiger partial charge in [0.2, 0.25) is 0 Å². The SMILES string of the molecule is CCCCCCCCCCCCCCCCC(=O)OCC(COP(=O)(O)OCC[N+](C)(C)C)OC(=O)CCCC=O.CP.O=P.[V]. The summed E-state index contributed by atoms with van der Waals surface area (Å²) < 4.78 is 41.4. The molecule has 15 heteroatoms. The maximum Gasteiger partial charge on any atom is 0.472 e. The van der Waals surface area contributed by atoms with Gasteiger partial charge in [-0.2, -0.15) is 0 Å². The number of hydrogen-bond acceptors (Lipinski definition) is 9. The standard InChI is InChI=1S/C30H58NO9P.CH5P.HOP.V/c1-5-6-7-8-9-10-11-12-13-14-15-16-17-18-21-29(33)37-26-28(40-30(34)22-19-20-24-32)27-39-41(35,36)38-25-23-31(2,3)4;2*1-2;/h24,28H,5-23,25-27H2,1-4H3;2H2,1H3;2H;/p+1. The van der Waals surface area contributed by atoms with Gasteiger partial charge in [-0.3, -0.25) is 23.2 Å². The van der Waals surface area contributed by atoms with E-state index in [1.807, 2.05) is 27.8 Å². The summed E-state index contributed by atoms with van der Waals surface area (Å²) in [5.74, 6) is -1.03. The zero-order valence-corrected chi connectivity index (χ0v) is 33.7. The molecule has 1 radical (unpaired) electrons. The number of unbranched alkanes of at least 4 members (excludes halogenated alkanes) is 14. The third kappa shape index (κ3) is 41.8. The van der Waals surface area contributed by atoms with Gasteiger partial charge in [0.05, 0.1) is 27.7 Å². The number of rotatable bonds is 29. The van der Waals surface area contributed by atoms with Crippen molar-refractivity contribution in [2.75, 3.05) is 54.2 Å². The molecular formula is C31H65NO10P3V+. The molecule has 0 amide bonds. The molecule has 0 aliphatic rings. The van der Waals surface area contributed by atoms with Crippen LogP contribution in [0.3, 0.4) is 0 Å². The van der Waals surface area contributed by atoms with Crippen LogP contribution in [0.5, 0.6) is 0 Å². The Morgan fingerprint density at radius 3 is 1.70 bits per heavy atom. The maximum absolute atomic E-state index is 12.2. The third-order valence-corrected chi connectivity index (χ3v) is 7.59. The van der Waals surface area contributed by atoms with Crippen LogP contribution in [0.15, 0.2) is 0 Å². The Labute approximate surface area is 296 Å². The molecule has 0 rings (SSSR count). The summed E-state index contributed by atoms with van der Waals surface area (Å²) in [5.41, 5.74) is 0. The third-order valence-electron chi connectivity index (χ3n) is 6.61. The molecule has 273 valence electrons. The predicted octanol–water partition coefficient (Wildman–Crippen LogP) is 7.49. The largest absolute Gasteiger partial charge is 0.472 e. The summed E-state index contributed by atoms with van der Waals surface area (Å²) in [7, 11) is 5.51. The first kappa shape index (κ1) is 52.6. The van der Waals surface area contributed by atoms with Gasteiger partial charge in [0.25, 0.3) is 0 Å². The van der Waals surface area contributed by atoms with E-state index in [2.05, 4.69) is 16.2 Å². The van der Waals surface area contributed by atoms with Crippen LogP contribution in [-0.4, -0.2) is 87.9 Å². The normalized spacial score (nSPS) is 12.6. The Morgan fingerprint density at radius 1 is 0.783 bits per heavy atom. The molecule has 46 heavy (non-hydrogen) atoms. The maximum atomic E-state index is 12.2. The second-order valence-electron chi connectivity index (χ2n) is 11.8. The molecule has 1 N–H and O–H groups in total. The van der Waals surface area contributed by atoms with E-state index in [0.717, 1.165) is 19.3 Å². The fourth-order valence-corrected chi connectivity index (χ4v) is 4.80. The Hall–Kier alpha value is -0.206. The first-order chi connectivity index (χ1) is 21.5. The van der Waals surface area contributed by atoms with Crippen molar-refractivity contribution in [2.45, 2.75) is 129 Å². The molecule has 0 aromatic carbocycles. The van der Waals surface area contributed by atoms with Gasteiger partial charge in [-0.15, -0.1) is 9.24 Å². The van der Waals surface area contributed by atoms with Crippen molar-refractivity contribution in [2.24, 2.45) is 0 Å². The van der Waals surface area contributed by atoms with Gasteiger partial charge in [-0.1, -0.05) is 97.1 Å². The molecule has 0 aromatic heterocycles. The van der Waals surface area contributed by atoms with Crippen molar-refractivity contribution in [3.05, 3.63) is 0 Å². The van der Waals surface area contributed by atoms with Crippen molar-refractivity contribution in [1.29, 1.82) is 0 Å². The van der Waals surface area contributed by atoms with Gasteiger partial charge in [-0.25, -0.2) is 4.57 Å². The minimum absolute atomic E-state index is 0. The minimum Gasteiger partial charge on any atom is -0.462 e. The number of likely N-dealkylation sites (N-methyl/N-ethyl adjacent to an activating group) is 1. The van der Waals surface area contributed by atoms with Crippen LogP contribution >= 0.6 is 26.2 Å². The average molecular weight is 756 g/mol. The van der Waals surface area contributed by atoms with E-state index in [1.165, 1.54) is 70.6 Å². The summed E-state index contributed by atoms with van der Waals surface area (Å²) in [4.78, 5) is 44.8. The summed E-state index contributed by atoms with van der Waals surface area (Å²) >= 11 is 0. The summed E-state index contributed by atoms with van der Waals surface area (Å²) in [6.45, 7) is 3.88. The summed E-state index contributed by atoms with van der Waals surface area (Å²) in [5, 5.41) is 0. The topological polar surface area (TPSA) is 142 Å². The molecule has 0 saturated carbocycles. The van der Waals surface area contributed by atoms with Crippen molar-refractivity contribution in [3.8, 4) is 0 Å². The Balaban J connectivity index is -0.00000169. The number of nitrogens with zero attached hydrogens (tertiary/aromatic N) is 1. The van der Waals surface area contributed by atoms with Gasteiger partial charge in [-0.05, 0) is 12.8 Å². The van der Waals surface area contributed by atoms with Crippen LogP contribution in [-0.2, 0) is 60.6 Å². The van der Waals surface area contributed by atoms with Gasteiger partial charge >= 0.3 is 19.8 Å². The molecule has 0 aliphatic heterocycles. The van der Waals surface area contributed by atoms with Crippen LogP contribution in [0.2, 0.25) is 0 Å². The Kier molecular flexibility index (Phi) is 43.0. The molecule has 0 fully saturated rings. The number of aldehydes is 1. The van der Waals surface area contributed by atoms with Crippen LogP contribution in [0.4, 0.5) is 0 Å². The number of phosphoric acid groups is 1. The molecule has 0 heterocycles. The number of carbonyl (C=O) groups is 3. The number of phosphoric ester groups is 1. The fraction of sp³-hybridized carbons (Fsp3) is 0.903. The van der Waals surface area contributed by atoms with E-state index in [4.69, 9.17) is 23.1 Å². The molecule has 0 spiro atoms. The van der Waals surface area contributed by atoms with Gasteiger partial charge in [0.1, 0.15) is 35.2 Å². The Bertz CT molecular complexity index is 761. The van der Waals surface area contributed by atoms with Crippen molar-refractivity contribution < 1.29 is 70.0 Å². The van der Waals surface area contributed by atoms with E-state index in [9.17, 15) is 23.8 Å². The van der Waals surface area contributed by atoms with E-state index < -0.39 is 32.5 Å². The first-order valence-corrected chi connectivity index (χ1v) is 19.5. The zero-order chi connectivity index (χ0) is 34.8. The molecule has 0 saturated heterocycles. The van der Waals surface area contributed by atoms with E-state index in [-0.39, 0.29) is 51.0 Å². The molecular weight excluding hydrogens is 690 g/mol. The zero-order valence-electron chi connectivity index (χ0n) is 29.3. The van der Waals surface area contributed by atoms with Crippen LogP contribution in [0.25, 0.3) is 0 Å². The summed E-state index contributed by atoms with van der Waals surface area (Å²) in [6.07, 6.45) is 17.6. The monoisotopic (exact) mass is 755 g/mol. The molecule has 3 atom stereocenters. The van der Waals surface area contributed by atoms with Gasteiger partial charge in [0.15, 0.2) is 6.10 Å². The Morgan fingerprint density at radius 2 is 1.24 bits per heavy atom. The number of carbonyl (C=O) groups excluding carboxylic acids is 3. The second kappa shape index (κ2) is 37.6. The molecule has 11 nitrogen and oxygen atoms in total. The van der Waals surface area contributed by atoms with Gasteiger partial charge in [0, 0.05) is 37.8 Å². The number of hydrogen-bond donors (Lipinski definition) is 1. The van der Waals surface area contributed by atoms with E-state index >= 15 is 0 Å². The average Bonchev–Trinajstić information content (AvgIpc) is 3.00. The summed E-state index contributed by atoms with van der Waals surface area (Å²) in [6, 6.07) is 0. The van der Waals surface area contributed by atoms with E-state index in [0.29, 0.717) is 23.7 Å². The number of ether oxygens (including phenoxy) is 2. The molecule has 0 aromatic rings. The van der Waals surface area contributed by atoms with Gasteiger partial charge < -0.3 is 23.6 Å². The van der Waals surface area contributed by atoms with Crippen molar-refractivity contribution in [1.82, 2.24) is 0 Å². The van der Waals surface area contributed by atoms with E-state index in [1.54, 1.807) is 9.12 Å². The van der Waals surface area contributed by atoms with Crippen LogP contribution in [0, 0.1) is 0 Å². The first-order valence-electron chi connectivity index (χ1n) is 16.5. The smallest absolute Gasteiger partial charge is 0.462 e. The quantitative estimate of drug-likeness (QED) is 0.0268. The predicted molar refractivity (Wildman–Crippen MR) is 185 cm³/mol.